The molecule has 14 heavy (non-hydrogen) atoms. The zero-order chi connectivity index (χ0) is 9.97. The Hall–Kier alpha value is -1.24. The van der Waals surface area contributed by atoms with E-state index in [1.165, 1.54) is 11.1 Å². The van der Waals surface area contributed by atoms with Crippen molar-refractivity contribution < 1.29 is 4.74 Å². The van der Waals surface area contributed by atoms with Gasteiger partial charge >= 0.3 is 0 Å². The van der Waals surface area contributed by atoms with E-state index in [9.17, 15) is 0 Å². The second-order valence-electron chi connectivity index (χ2n) is 3.93. The van der Waals surface area contributed by atoms with E-state index >= 15 is 0 Å². The van der Waals surface area contributed by atoms with Gasteiger partial charge in [-0.15, -0.1) is 0 Å². The molecule has 0 fully saturated rings. The van der Waals surface area contributed by atoms with E-state index in [1.54, 1.807) is 0 Å². The van der Waals surface area contributed by atoms with Crippen molar-refractivity contribution in [2.75, 3.05) is 0 Å². The zero-order valence-electron chi connectivity index (χ0n) is 8.79. The van der Waals surface area contributed by atoms with E-state index < -0.39 is 0 Å². The van der Waals surface area contributed by atoms with Gasteiger partial charge < -0.3 is 4.74 Å². The number of benzene rings is 1. The van der Waals surface area contributed by atoms with E-state index in [1.807, 2.05) is 0 Å². The molecular weight excluding hydrogens is 172 g/mol. The Balaban J connectivity index is 2.36. The summed E-state index contributed by atoms with van der Waals surface area (Å²) in [6.07, 6.45) is 6.90. The quantitative estimate of drug-likeness (QED) is 0.691. The van der Waals surface area contributed by atoms with Crippen LogP contribution in [-0.2, 0) is 6.42 Å². The smallest absolute Gasteiger partial charge is 0.123 e. The molecule has 0 atom stereocenters. The van der Waals surface area contributed by atoms with E-state index in [0.717, 1.165) is 18.6 Å². The lowest BCUT2D eigenvalue weighted by Crippen LogP contribution is -2.08. The Morgan fingerprint density at radius 3 is 2.93 bits per heavy atom. The van der Waals surface area contributed by atoms with Gasteiger partial charge in [-0.3, -0.25) is 0 Å². The molecule has 0 N–H and O–H groups in total. The Kier molecular flexibility index (Phi) is 2.58. The second kappa shape index (κ2) is 3.87. The van der Waals surface area contributed by atoms with Gasteiger partial charge in [-0.1, -0.05) is 24.3 Å². The molecule has 1 aliphatic carbocycles. The minimum absolute atomic E-state index is 0.257. The topological polar surface area (TPSA) is 9.23 Å². The van der Waals surface area contributed by atoms with E-state index in [0.29, 0.717) is 0 Å². The van der Waals surface area contributed by atoms with Crippen LogP contribution in [0, 0.1) is 0 Å². The normalized spacial score (nSPS) is 14.2. The van der Waals surface area contributed by atoms with Crippen LogP contribution in [0.15, 0.2) is 24.3 Å². The molecule has 0 saturated heterocycles. The van der Waals surface area contributed by atoms with Gasteiger partial charge in [-0.25, -0.2) is 0 Å². The lowest BCUT2D eigenvalue weighted by molar-refractivity contribution is 0.240. The molecule has 0 heterocycles. The molecule has 1 nitrogen and oxygen atoms in total. The maximum Gasteiger partial charge on any atom is 0.123 e. The van der Waals surface area contributed by atoms with Gasteiger partial charge in [0.25, 0.3) is 0 Å². The van der Waals surface area contributed by atoms with E-state index in [4.69, 9.17) is 4.74 Å². The molecule has 1 aromatic carbocycles. The summed E-state index contributed by atoms with van der Waals surface area (Å²) in [6.45, 7) is 4.14. The number of hydrogen-bond acceptors (Lipinski definition) is 1. The van der Waals surface area contributed by atoms with Gasteiger partial charge in [0.05, 0.1) is 6.10 Å². The Bertz CT molecular complexity index is 350. The fraction of sp³-hybridized carbons (Fsp3) is 0.385. The molecule has 1 aliphatic rings. The molecule has 0 spiro atoms. The first-order valence-corrected chi connectivity index (χ1v) is 5.22. The summed E-state index contributed by atoms with van der Waals surface area (Å²) < 4.78 is 5.78. The summed E-state index contributed by atoms with van der Waals surface area (Å²) in [4.78, 5) is 0. The minimum atomic E-state index is 0.257. The summed E-state index contributed by atoms with van der Waals surface area (Å²) in [5.74, 6) is 1.06. The lowest BCUT2D eigenvalue weighted by atomic mass is 9.96. The fourth-order valence-electron chi connectivity index (χ4n) is 1.81. The molecule has 1 aromatic rings. The second-order valence-corrected chi connectivity index (χ2v) is 3.93. The van der Waals surface area contributed by atoms with Gasteiger partial charge in [0.1, 0.15) is 5.75 Å². The van der Waals surface area contributed by atoms with Gasteiger partial charge in [0.2, 0.25) is 0 Å². The summed E-state index contributed by atoms with van der Waals surface area (Å²) in [6, 6.07) is 6.28. The molecule has 1 heteroatoms. The molecule has 0 radical (unpaired) electrons. The largest absolute Gasteiger partial charge is 0.491 e. The van der Waals surface area contributed by atoms with Gasteiger partial charge in [0, 0.05) is 5.56 Å². The van der Waals surface area contributed by atoms with E-state index in [-0.39, 0.29) is 6.10 Å². The van der Waals surface area contributed by atoms with Gasteiger partial charge in [0.15, 0.2) is 0 Å². The molecule has 0 aromatic heterocycles. The zero-order valence-corrected chi connectivity index (χ0v) is 8.79. The number of fused-ring (bicyclic) bond motifs is 1. The van der Waals surface area contributed by atoms with Gasteiger partial charge in [-0.05, 0) is 38.3 Å². The summed E-state index contributed by atoms with van der Waals surface area (Å²) in [7, 11) is 0. The summed E-state index contributed by atoms with van der Waals surface area (Å²) in [5, 5.41) is 0. The highest BCUT2D eigenvalue weighted by atomic mass is 16.5. The van der Waals surface area contributed by atoms with Crippen molar-refractivity contribution in [3.05, 3.63) is 35.4 Å². The maximum atomic E-state index is 5.78. The maximum absolute atomic E-state index is 5.78. The van der Waals surface area contributed by atoms with Crippen LogP contribution in [0.3, 0.4) is 0 Å². The van der Waals surface area contributed by atoms with E-state index in [2.05, 4.69) is 44.2 Å². The Morgan fingerprint density at radius 1 is 1.29 bits per heavy atom. The predicted octanol–water partition coefficient (Wildman–Crippen LogP) is 3.43. The highest BCUT2D eigenvalue weighted by Gasteiger charge is 2.10. The first kappa shape index (κ1) is 9.32. The van der Waals surface area contributed by atoms with Crippen LogP contribution in [0.4, 0.5) is 0 Å². The molecule has 2 rings (SSSR count). The molecule has 0 unspecified atom stereocenters. The number of allylic oxidation sites excluding steroid dienone is 1. The van der Waals surface area contributed by atoms with Crippen molar-refractivity contribution in [2.24, 2.45) is 0 Å². The highest BCUT2D eigenvalue weighted by molar-refractivity contribution is 5.60. The van der Waals surface area contributed by atoms with Crippen molar-refractivity contribution in [1.29, 1.82) is 0 Å². The van der Waals surface area contributed by atoms with Crippen LogP contribution in [0.1, 0.15) is 31.4 Å². The monoisotopic (exact) mass is 188 g/mol. The molecule has 0 amide bonds. The molecular formula is C13H16O. The van der Waals surface area contributed by atoms with Crippen LogP contribution in [0.5, 0.6) is 5.75 Å². The Labute approximate surface area is 85.4 Å². The predicted molar refractivity (Wildman–Crippen MR) is 59.6 cm³/mol. The van der Waals surface area contributed by atoms with Crippen LogP contribution in [0.2, 0.25) is 0 Å². The standard InChI is InChI=1S/C13H16O/c1-10(2)14-13-9-5-7-11-6-3-4-8-12(11)13/h3,5-7,9-10H,4,8H2,1-2H3. The third-order valence-electron chi connectivity index (χ3n) is 2.39. The molecule has 0 aliphatic heterocycles. The third-order valence-corrected chi connectivity index (χ3v) is 2.39. The highest BCUT2D eigenvalue weighted by Crippen LogP contribution is 2.28. The van der Waals surface area contributed by atoms with Crippen LogP contribution >= 0.6 is 0 Å². The van der Waals surface area contributed by atoms with Gasteiger partial charge in [-0.2, -0.15) is 0 Å². The van der Waals surface area contributed by atoms with Crippen molar-refractivity contribution >= 4 is 6.08 Å². The summed E-state index contributed by atoms with van der Waals surface area (Å²) in [5.41, 5.74) is 2.68. The minimum Gasteiger partial charge on any atom is -0.491 e. The number of rotatable bonds is 2. The van der Waals surface area contributed by atoms with Crippen molar-refractivity contribution in [2.45, 2.75) is 32.8 Å². The van der Waals surface area contributed by atoms with Crippen molar-refractivity contribution in [3.8, 4) is 5.75 Å². The molecule has 0 saturated carbocycles. The first-order chi connectivity index (χ1) is 6.77. The SMILES string of the molecule is CC(C)Oc1cccc2c1CCC=C2. The third kappa shape index (κ3) is 1.82. The van der Waals surface area contributed by atoms with Crippen LogP contribution in [0.25, 0.3) is 6.08 Å². The number of hydrogen-bond donors (Lipinski definition) is 0. The van der Waals surface area contributed by atoms with Crippen molar-refractivity contribution in [1.82, 2.24) is 0 Å². The Morgan fingerprint density at radius 2 is 2.14 bits per heavy atom. The first-order valence-electron chi connectivity index (χ1n) is 5.22. The molecule has 0 bridgehead atoms. The fourth-order valence-corrected chi connectivity index (χ4v) is 1.81. The number of ether oxygens (including phenoxy) is 1. The average molecular weight is 188 g/mol. The van der Waals surface area contributed by atoms with Crippen molar-refractivity contribution in [3.63, 3.8) is 0 Å². The summed E-state index contributed by atoms with van der Waals surface area (Å²) >= 11 is 0. The average Bonchev–Trinajstić information content (AvgIpc) is 2.18. The van der Waals surface area contributed by atoms with Crippen LogP contribution in [-0.4, -0.2) is 6.10 Å². The van der Waals surface area contributed by atoms with Crippen LogP contribution < -0.4 is 4.74 Å². The molecule has 74 valence electrons. The lowest BCUT2D eigenvalue weighted by Gasteiger charge is -2.17.